The number of aryl methyl sites for hydroxylation is 1. The molecule has 0 aliphatic carbocycles. The molecule has 3 heteroatoms. The van der Waals surface area contributed by atoms with Crippen molar-refractivity contribution in [2.45, 2.75) is 13.8 Å². The number of rotatable bonds is 4. The molecule has 0 fully saturated rings. The lowest BCUT2D eigenvalue weighted by atomic mass is 10.3. The Bertz CT molecular complexity index is 323. The number of pyridine rings is 1. The van der Waals surface area contributed by atoms with Crippen molar-refractivity contribution in [1.29, 1.82) is 0 Å². The standard InChI is InChI=1S/C11H15BrN2/c1-4-8-14(5-2)11-10(12)9(3)6-7-13-11/h4,6-7H,1,5,8H2,2-3H3. The highest BCUT2D eigenvalue weighted by molar-refractivity contribution is 9.10. The van der Waals surface area contributed by atoms with E-state index in [-0.39, 0.29) is 0 Å². The Balaban J connectivity index is 3.03. The molecule has 0 radical (unpaired) electrons. The van der Waals surface area contributed by atoms with Crippen molar-refractivity contribution in [3.63, 3.8) is 0 Å². The first-order chi connectivity index (χ1) is 6.70. The number of likely N-dealkylation sites (N-methyl/N-ethyl adjacent to an activating group) is 1. The lowest BCUT2D eigenvalue weighted by molar-refractivity contribution is 0.877. The Hall–Kier alpha value is -0.830. The van der Waals surface area contributed by atoms with E-state index in [9.17, 15) is 0 Å². The predicted molar refractivity (Wildman–Crippen MR) is 64.8 cm³/mol. The van der Waals surface area contributed by atoms with Gasteiger partial charge in [0, 0.05) is 19.3 Å². The topological polar surface area (TPSA) is 16.1 Å². The van der Waals surface area contributed by atoms with Gasteiger partial charge in [-0.25, -0.2) is 4.98 Å². The van der Waals surface area contributed by atoms with Gasteiger partial charge in [-0.2, -0.15) is 0 Å². The minimum Gasteiger partial charge on any atom is -0.352 e. The SMILES string of the molecule is C=CCN(CC)c1nccc(C)c1Br. The van der Waals surface area contributed by atoms with Gasteiger partial charge in [0.1, 0.15) is 5.82 Å². The Morgan fingerprint density at radius 1 is 1.64 bits per heavy atom. The fourth-order valence-electron chi connectivity index (χ4n) is 1.27. The predicted octanol–water partition coefficient (Wildman–Crippen LogP) is 3.16. The number of nitrogens with zero attached hydrogens (tertiary/aromatic N) is 2. The van der Waals surface area contributed by atoms with Crippen molar-refractivity contribution in [2.75, 3.05) is 18.0 Å². The van der Waals surface area contributed by atoms with E-state index in [2.05, 4.69) is 46.2 Å². The molecule has 76 valence electrons. The van der Waals surface area contributed by atoms with E-state index in [1.165, 1.54) is 5.56 Å². The number of aromatic nitrogens is 1. The van der Waals surface area contributed by atoms with E-state index in [1.54, 1.807) is 0 Å². The molecule has 0 aliphatic heterocycles. The summed E-state index contributed by atoms with van der Waals surface area (Å²) in [5, 5.41) is 0. The second-order valence-electron chi connectivity index (χ2n) is 3.09. The van der Waals surface area contributed by atoms with Crippen LogP contribution in [-0.4, -0.2) is 18.1 Å². The largest absolute Gasteiger partial charge is 0.352 e. The number of hydrogen-bond acceptors (Lipinski definition) is 2. The van der Waals surface area contributed by atoms with E-state index in [0.717, 1.165) is 23.4 Å². The van der Waals surface area contributed by atoms with Gasteiger partial charge in [0.15, 0.2) is 0 Å². The summed E-state index contributed by atoms with van der Waals surface area (Å²) < 4.78 is 1.07. The van der Waals surface area contributed by atoms with Crippen LogP contribution in [0.1, 0.15) is 12.5 Å². The quantitative estimate of drug-likeness (QED) is 0.768. The molecule has 1 aromatic rings. The highest BCUT2D eigenvalue weighted by Crippen LogP contribution is 2.26. The molecule has 0 N–H and O–H groups in total. The van der Waals surface area contributed by atoms with Crippen molar-refractivity contribution in [3.05, 3.63) is 35.0 Å². The Labute approximate surface area is 93.8 Å². The van der Waals surface area contributed by atoms with Crippen LogP contribution in [0.2, 0.25) is 0 Å². The van der Waals surface area contributed by atoms with Crippen molar-refractivity contribution in [3.8, 4) is 0 Å². The summed E-state index contributed by atoms with van der Waals surface area (Å²) in [5.74, 6) is 0.993. The van der Waals surface area contributed by atoms with Gasteiger partial charge in [-0.1, -0.05) is 6.08 Å². The molecule has 0 atom stereocenters. The second-order valence-corrected chi connectivity index (χ2v) is 3.89. The van der Waals surface area contributed by atoms with Gasteiger partial charge in [0.25, 0.3) is 0 Å². The molecule has 2 nitrogen and oxygen atoms in total. The molecule has 0 bridgehead atoms. The van der Waals surface area contributed by atoms with Crippen molar-refractivity contribution >= 4 is 21.7 Å². The number of halogens is 1. The number of anilines is 1. The van der Waals surface area contributed by atoms with Crippen molar-refractivity contribution in [1.82, 2.24) is 4.98 Å². The zero-order valence-corrected chi connectivity index (χ0v) is 10.2. The van der Waals surface area contributed by atoms with Gasteiger partial charge in [-0.15, -0.1) is 6.58 Å². The first kappa shape index (κ1) is 11.2. The highest BCUT2D eigenvalue weighted by atomic mass is 79.9. The van der Waals surface area contributed by atoms with Crippen LogP contribution >= 0.6 is 15.9 Å². The fourth-order valence-corrected chi connectivity index (χ4v) is 1.75. The molecule has 0 aromatic carbocycles. The lowest BCUT2D eigenvalue weighted by Gasteiger charge is -2.21. The van der Waals surface area contributed by atoms with Crippen LogP contribution in [0.3, 0.4) is 0 Å². The molecule has 0 saturated heterocycles. The zero-order chi connectivity index (χ0) is 10.6. The van der Waals surface area contributed by atoms with Crippen molar-refractivity contribution < 1.29 is 0 Å². The summed E-state index contributed by atoms with van der Waals surface area (Å²) in [6.07, 6.45) is 3.72. The normalized spacial score (nSPS) is 9.93. The lowest BCUT2D eigenvalue weighted by Crippen LogP contribution is -2.24. The second kappa shape index (κ2) is 5.15. The van der Waals surface area contributed by atoms with Crippen LogP contribution in [0, 0.1) is 6.92 Å². The molecule has 1 rings (SSSR count). The van der Waals surface area contributed by atoms with Crippen LogP contribution in [-0.2, 0) is 0 Å². The molecule has 0 unspecified atom stereocenters. The molecular formula is C11H15BrN2. The van der Waals surface area contributed by atoms with Gasteiger partial charge in [-0.3, -0.25) is 0 Å². The molecular weight excluding hydrogens is 240 g/mol. The van der Waals surface area contributed by atoms with Gasteiger partial charge in [-0.05, 0) is 41.4 Å². The molecule has 0 aliphatic rings. The third-order valence-electron chi connectivity index (χ3n) is 2.09. The minimum atomic E-state index is 0.825. The minimum absolute atomic E-state index is 0.825. The highest BCUT2D eigenvalue weighted by Gasteiger charge is 2.09. The van der Waals surface area contributed by atoms with Gasteiger partial charge in [0.05, 0.1) is 4.47 Å². The first-order valence-electron chi connectivity index (χ1n) is 4.67. The van der Waals surface area contributed by atoms with Crippen LogP contribution in [0.5, 0.6) is 0 Å². The average molecular weight is 255 g/mol. The monoisotopic (exact) mass is 254 g/mol. The van der Waals surface area contributed by atoms with Crippen LogP contribution < -0.4 is 4.90 Å². The Kier molecular flexibility index (Phi) is 4.14. The summed E-state index contributed by atoms with van der Waals surface area (Å²) in [5.41, 5.74) is 1.21. The molecule has 0 spiro atoms. The summed E-state index contributed by atoms with van der Waals surface area (Å²) >= 11 is 3.55. The molecule has 0 saturated carbocycles. The smallest absolute Gasteiger partial charge is 0.143 e. The van der Waals surface area contributed by atoms with E-state index < -0.39 is 0 Å². The van der Waals surface area contributed by atoms with Gasteiger partial charge < -0.3 is 4.90 Å². The van der Waals surface area contributed by atoms with E-state index in [0.29, 0.717) is 0 Å². The van der Waals surface area contributed by atoms with Gasteiger partial charge in [0.2, 0.25) is 0 Å². The third-order valence-corrected chi connectivity index (χ3v) is 3.07. The summed E-state index contributed by atoms with van der Waals surface area (Å²) in [6.45, 7) is 9.68. The van der Waals surface area contributed by atoms with Crippen LogP contribution in [0.25, 0.3) is 0 Å². The summed E-state index contributed by atoms with van der Waals surface area (Å²) in [4.78, 5) is 6.53. The third kappa shape index (κ3) is 2.35. The fraction of sp³-hybridized carbons (Fsp3) is 0.364. The molecule has 1 heterocycles. The Morgan fingerprint density at radius 2 is 2.36 bits per heavy atom. The van der Waals surface area contributed by atoms with Crippen LogP contribution in [0.4, 0.5) is 5.82 Å². The summed E-state index contributed by atoms with van der Waals surface area (Å²) in [7, 11) is 0. The van der Waals surface area contributed by atoms with Gasteiger partial charge >= 0.3 is 0 Å². The summed E-state index contributed by atoms with van der Waals surface area (Å²) in [6, 6.07) is 2.00. The van der Waals surface area contributed by atoms with Crippen LogP contribution in [0.15, 0.2) is 29.4 Å². The van der Waals surface area contributed by atoms with E-state index >= 15 is 0 Å². The zero-order valence-electron chi connectivity index (χ0n) is 8.63. The maximum absolute atomic E-state index is 4.36. The maximum atomic E-state index is 4.36. The number of hydrogen-bond donors (Lipinski definition) is 0. The molecule has 1 aromatic heterocycles. The van der Waals surface area contributed by atoms with Crippen molar-refractivity contribution in [2.24, 2.45) is 0 Å². The average Bonchev–Trinajstić information content (AvgIpc) is 2.19. The molecule has 14 heavy (non-hydrogen) atoms. The Morgan fingerprint density at radius 3 is 2.93 bits per heavy atom. The van der Waals surface area contributed by atoms with E-state index in [4.69, 9.17) is 0 Å². The molecule has 0 amide bonds. The maximum Gasteiger partial charge on any atom is 0.143 e. The van der Waals surface area contributed by atoms with E-state index in [1.807, 2.05) is 18.3 Å². The first-order valence-corrected chi connectivity index (χ1v) is 5.47.